The molecule has 1 aromatic heterocycles. The van der Waals surface area contributed by atoms with Crippen LogP contribution in [0.3, 0.4) is 0 Å². The summed E-state index contributed by atoms with van der Waals surface area (Å²) in [7, 11) is 0. The summed E-state index contributed by atoms with van der Waals surface area (Å²) in [6, 6.07) is 5.12. The fraction of sp³-hybridized carbons (Fsp3) is 0.0909. The van der Waals surface area contributed by atoms with Crippen LogP contribution in [0.4, 0.5) is 13.2 Å². The lowest BCUT2D eigenvalue weighted by atomic mass is 10.1. The Morgan fingerprint density at radius 2 is 1.65 bits per heavy atom. The van der Waals surface area contributed by atoms with Crippen LogP contribution in [0.1, 0.15) is 5.56 Å². The van der Waals surface area contributed by atoms with Gasteiger partial charge in [-0.2, -0.15) is 13.2 Å². The topological polar surface area (TPSA) is 15.8 Å². The van der Waals surface area contributed by atoms with E-state index in [-0.39, 0.29) is 10.0 Å². The highest BCUT2D eigenvalue weighted by Crippen LogP contribution is 2.39. The molecule has 0 aliphatic carbocycles. The minimum atomic E-state index is -4.46. The van der Waals surface area contributed by atoms with Crippen molar-refractivity contribution in [2.24, 2.45) is 0 Å². The molecule has 2 rings (SSSR count). The van der Waals surface area contributed by atoms with Crippen LogP contribution < -0.4 is 0 Å². The Balaban J connectivity index is 2.58. The molecule has 90 valence electrons. The van der Waals surface area contributed by atoms with Crippen molar-refractivity contribution in [3.63, 3.8) is 0 Å². The molecular formula is C11H6Cl2F3N. The van der Waals surface area contributed by atoms with Gasteiger partial charge in [-0.1, -0.05) is 23.2 Å². The van der Waals surface area contributed by atoms with Gasteiger partial charge in [-0.05, 0) is 24.3 Å². The van der Waals surface area contributed by atoms with Crippen LogP contribution in [-0.4, -0.2) is 4.98 Å². The van der Waals surface area contributed by atoms with Gasteiger partial charge in [-0.3, -0.25) is 0 Å². The molecule has 0 saturated carbocycles. The van der Waals surface area contributed by atoms with Crippen molar-refractivity contribution in [3.05, 3.63) is 46.1 Å². The summed E-state index contributed by atoms with van der Waals surface area (Å²) in [6.07, 6.45) is -2.82. The zero-order chi connectivity index (χ0) is 12.6. The van der Waals surface area contributed by atoms with Crippen LogP contribution in [0.2, 0.25) is 10.0 Å². The van der Waals surface area contributed by atoms with Gasteiger partial charge in [0.25, 0.3) is 0 Å². The Bertz CT molecular complexity index is 509. The maximum Gasteiger partial charge on any atom is 0.416 e. The third-order valence-electron chi connectivity index (χ3n) is 2.24. The SMILES string of the molecule is FC(F)(F)c1cc(Cl)c(-c2ccc[nH]2)c(Cl)c1. The molecule has 1 N–H and O–H groups in total. The van der Waals surface area contributed by atoms with E-state index < -0.39 is 11.7 Å². The van der Waals surface area contributed by atoms with Crippen molar-refractivity contribution in [2.45, 2.75) is 6.18 Å². The quantitative estimate of drug-likeness (QED) is 0.756. The number of rotatable bonds is 1. The number of benzene rings is 1. The average molecular weight is 280 g/mol. The predicted octanol–water partition coefficient (Wildman–Crippen LogP) is 5.01. The number of H-pyrrole nitrogens is 1. The number of aromatic nitrogens is 1. The predicted molar refractivity (Wildman–Crippen MR) is 61.3 cm³/mol. The number of halogens is 5. The molecule has 0 atom stereocenters. The van der Waals surface area contributed by atoms with Gasteiger partial charge in [-0.15, -0.1) is 0 Å². The Morgan fingerprint density at radius 3 is 2.06 bits per heavy atom. The smallest absolute Gasteiger partial charge is 0.361 e. The van der Waals surface area contributed by atoms with Crippen LogP contribution in [0.25, 0.3) is 11.3 Å². The summed E-state index contributed by atoms with van der Waals surface area (Å²) in [5.41, 5.74) is 0.0860. The van der Waals surface area contributed by atoms with E-state index in [2.05, 4.69) is 4.98 Å². The minimum absolute atomic E-state index is 0.0349. The van der Waals surface area contributed by atoms with Crippen LogP contribution >= 0.6 is 23.2 Å². The second-order valence-electron chi connectivity index (χ2n) is 3.40. The van der Waals surface area contributed by atoms with Crippen molar-refractivity contribution >= 4 is 23.2 Å². The van der Waals surface area contributed by atoms with E-state index in [0.29, 0.717) is 11.3 Å². The molecule has 0 unspecified atom stereocenters. The standard InChI is InChI=1S/C11H6Cl2F3N/c12-7-4-6(11(14,15)16)5-8(13)10(7)9-2-1-3-17-9/h1-5,17H. The summed E-state index contributed by atoms with van der Waals surface area (Å²) in [5.74, 6) is 0. The Morgan fingerprint density at radius 1 is 1.06 bits per heavy atom. The zero-order valence-corrected chi connectivity index (χ0v) is 9.79. The summed E-state index contributed by atoms with van der Waals surface area (Å²) < 4.78 is 37.5. The molecule has 0 aliphatic heterocycles. The van der Waals surface area contributed by atoms with Gasteiger partial charge in [0, 0.05) is 17.5 Å². The lowest BCUT2D eigenvalue weighted by Crippen LogP contribution is -2.05. The van der Waals surface area contributed by atoms with Crippen LogP contribution in [-0.2, 0) is 6.18 Å². The first-order valence-electron chi connectivity index (χ1n) is 4.59. The molecular weight excluding hydrogens is 274 g/mol. The fourth-order valence-corrected chi connectivity index (χ4v) is 2.17. The van der Waals surface area contributed by atoms with Crippen molar-refractivity contribution < 1.29 is 13.2 Å². The molecule has 0 bridgehead atoms. The first kappa shape index (κ1) is 12.3. The van der Waals surface area contributed by atoms with E-state index in [9.17, 15) is 13.2 Å². The van der Waals surface area contributed by atoms with Gasteiger partial charge in [-0.25, -0.2) is 0 Å². The maximum absolute atomic E-state index is 12.5. The van der Waals surface area contributed by atoms with E-state index in [1.807, 2.05) is 0 Å². The minimum Gasteiger partial charge on any atom is -0.361 e. The normalized spacial score (nSPS) is 11.8. The van der Waals surface area contributed by atoms with Crippen LogP contribution in [0.5, 0.6) is 0 Å². The first-order chi connectivity index (χ1) is 7.89. The molecule has 17 heavy (non-hydrogen) atoms. The van der Waals surface area contributed by atoms with E-state index in [1.54, 1.807) is 18.3 Å². The summed E-state index contributed by atoms with van der Waals surface area (Å²) in [6.45, 7) is 0. The molecule has 1 nitrogen and oxygen atoms in total. The van der Waals surface area contributed by atoms with Crippen molar-refractivity contribution in [2.75, 3.05) is 0 Å². The van der Waals surface area contributed by atoms with E-state index in [4.69, 9.17) is 23.2 Å². The van der Waals surface area contributed by atoms with E-state index in [0.717, 1.165) is 12.1 Å². The summed E-state index contributed by atoms with van der Waals surface area (Å²) in [5, 5.41) is -0.0699. The number of nitrogens with one attached hydrogen (secondary N) is 1. The number of hydrogen-bond donors (Lipinski definition) is 1. The van der Waals surface area contributed by atoms with Gasteiger partial charge < -0.3 is 4.98 Å². The Kier molecular flexibility index (Phi) is 3.10. The largest absolute Gasteiger partial charge is 0.416 e. The Hall–Kier alpha value is -1.13. The molecule has 6 heteroatoms. The molecule has 1 heterocycles. The second kappa shape index (κ2) is 4.27. The fourth-order valence-electron chi connectivity index (χ4n) is 1.48. The van der Waals surface area contributed by atoms with Crippen molar-refractivity contribution in [1.82, 2.24) is 4.98 Å². The van der Waals surface area contributed by atoms with Crippen LogP contribution in [0, 0.1) is 0 Å². The molecule has 0 aliphatic rings. The lowest BCUT2D eigenvalue weighted by molar-refractivity contribution is -0.137. The van der Waals surface area contributed by atoms with Gasteiger partial charge >= 0.3 is 6.18 Å². The highest BCUT2D eigenvalue weighted by molar-refractivity contribution is 6.39. The van der Waals surface area contributed by atoms with Crippen LogP contribution in [0.15, 0.2) is 30.5 Å². The molecule has 0 amide bonds. The van der Waals surface area contributed by atoms with E-state index >= 15 is 0 Å². The number of hydrogen-bond acceptors (Lipinski definition) is 0. The molecule has 0 saturated heterocycles. The molecule has 2 aromatic rings. The number of alkyl halides is 3. The second-order valence-corrected chi connectivity index (χ2v) is 4.21. The van der Waals surface area contributed by atoms with Gasteiger partial charge in [0.1, 0.15) is 0 Å². The highest BCUT2D eigenvalue weighted by Gasteiger charge is 2.32. The maximum atomic E-state index is 12.5. The lowest BCUT2D eigenvalue weighted by Gasteiger charge is -2.11. The van der Waals surface area contributed by atoms with Crippen molar-refractivity contribution in [1.29, 1.82) is 0 Å². The Labute approximate surface area is 105 Å². The zero-order valence-electron chi connectivity index (χ0n) is 8.28. The summed E-state index contributed by atoms with van der Waals surface area (Å²) in [4.78, 5) is 2.84. The molecule has 0 fully saturated rings. The first-order valence-corrected chi connectivity index (χ1v) is 5.35. The van der Waals surface area contributed by atoms with E-state index in [1.165, 1.54) is 0 Å². The van der Waals surface area contributed by atoms with Gasteiger partial charge in [0.2, 0.25) is 0 Å². The van der Waals surface area contributed by atoms with Crippen molar-refractivity contribution in [3.8, 4) is 11.3 Å². The molecule has 0 spiro atoms. The summed E-state index contributed by atoms with van der Waals surface area (Å²) >= 11 is 11.7. The average Bonchev–Trinajstić information content (AvgIpc) is 2.68. The third kappa shape index (κ3) is 2.42. The molecule has 0 radical (unpaired) electrons. The van der Waals surface area contributed by atoms with Gasteiger partial charge in [0.05, 0.1) is 15.6 Å². The molecule has 1 aromatic carbocycles. The highest BCUT2D eigenvalue weighted by atomic mass is 35.5. The monoisotopic (exact) mass is 279 g/mol. The number of aromatic amines is 1. The third-order valence-corrected chi connectivity index (χ3v) is 2.83. The van der Waals surface area contributed by atoms with Gasteiger partial charge in [0.15, 0.2) is 0 Å².